The number of nitrogens with zero attached hydrogens (tertiary/aromatic N) is 3. The number of allylic oxidation sites excluding steroid dienone is 1. The fraction of sp³-hybridized carbons (Fsp3) is 0.217. The Labute approximate surface area is 229 Å². The first-order chi connectivity index (χ1) is 17.4. The van der Waals surface area contributed by atoms with E-state index < -0.39 is 29.6 Å². The van der Waals surface area contributed by atoms with E-state index in [9.17, 15) is 22.8 Å². The number of nitrogens with one attached hydrogen (secondary N) is 2. The SMILES string of the molecule is C=CCn1c(SCC(=O)Nc2cc(C(F)(F)F)ccc2Cl)nnc1[C@@H](C)NC(=O)c1ccc(Cl)cc1Cl. The Morgan fingerprint density at radius 3 is 2.51 bits per heavy atom. The summed E-state index contributed by atoms with van der Waals surface area (Å²) in [7, 11) is 0. The third-order valence-electron chi connectivity index (χ3n) is 4.87. The number of hydrogen-bond donors (Lipinski definition) is 2. The molecule has 0 bridgehead atoms. The number of rotatable bonds is 9. The van der Waals surface area contributed by atoms with Crippen molar-refractivity contribution in [2.45, 2.75) is 30.8 Å². The first-order valence-electron chi connectivity index (χ1n) is 10.5. The van der Waals surface area contributed by atoms with Gasteiger partial charge in [-0.3, -0.25) is 9.59 Å². The van der Waals surface area contributed by atoms with Gasteiger partial charge in [0.1, 0.15) is 0 Å². The first-order valence-corrected chi connectivity index (χ1v) is 12.6. The molecule has 0 aliphatic rings. The van der Waals surface area contributed by atoms with Crippen molar-refractivity contribution in [3.63, 3.8) is 0 Å². The minimum Gasteiger partial charge on any atom is -0.342 e. The number of benzene rings is 2. The molecule has 0 spiro atoms. The van der Waals surface area contributed by atoms with E-state index in [1.807, 2.05) is 0 Å². The Kier molecular flexibility index (Phi) is 9.51. The second kappa shape index (κ2) is 12.2. The second-order valence-electron chi connectivity index (χ2n) is 7.59. The van der Waals surface area contributed by atoms with Gasteiger partial charge >= 0.3 is 6.18 Å². The van der Waals surface area contributed by atoms with Gasteiger partial charge in [0, 0.05) is 11.6 Å². The summed E-state index contributed by atoms with van der Waals surface area (Å²) >= 11 is 18.9. The van der Waals surface area contributed by atoms with E-state index in [2.05, 4.69) is 27.4 Å². The number of carbonyl (C=O) groups is 2. The molecule has 1 aromatic heterocycles. The fourth-order valence-corrected chi connectivity index (χ4v) is 4.57. The maximum absolute atomic E-state index is 13.0. The fourth-order valence-electron chi connectivity index (χ4n) is 3.15. The summed E-state index contributed by atoms with van der Waals surface area (Å²) in [4.78, 5) is 25.1. The molecule has 2 N–H and O–H groups in total. The van der Waals surface area contributed by atoms with Gasteiger partial charge in [0.25, 0.3) is 5.91 Å². The minimum absolute atomic E-state index is 0.0335. The number of anilines is 1. The van der Waals surface area contributed by atoms with Crippen LogP contribution in [0.5, 0.6) is 0 Å². The molecule has 1 atom stereocenters. The zero-order chi connectivity index (χ0) is 27.3. The topological polar surface area (TPSA) is 88.9 Å². The van der Waals surface area contributed by atoms with Crippen LogP contribution in [-0.4, -0.2) is 32.3 Å². The third-order valence-corrected chi connectivity index (χ3v) is 6.71. The normalized spacial score (nSPS) is 12.2. The summed E-state index contributed by atoms with van der Waals surface area (Å²) in [6.45, 7) is 5.67. The number of thioether (sulfide) groups is 1. The Balaban J connectivity index is 1.70. The molecule has 37 heavy (non-hydrogen) atoms. The summed E-state index contributed by atoms with van der Waals surface area (Å²) in [5, 5.41) is 14.3. The molecule has 196 valence electrons. The molecule has 2 amide bonds. The van der Waals surface area contributed by atoms with Crippen LogP contribution < -0.4 is 10.6 Å². The second-order valence-corrected chi connectivity index (χ2v) is 9.78. The highest BCUT2D eigenvalue weighted by Crippen LogP contribution is 2.34. The lowest BCUT2D eigenvalue weighted by molar-refractivity contribution is -0.137. The average Bonchev–Trinajstić information content (AvgIpc) is 3.21. The Morgan fingerprint density at radius 1 is 1.14 bits per heavy atom. The predicted molar refractivity (Wildman–Crippen MR) is 138 cm³/mol. The largest absolute Gasteiger partial charge is 0.416 e. The summed E-state index contributed by atoms with van der Waals surface area (Å²) in [6.07, 6.45) is -2.99. The predicted octanol–water partition coefficient (Wildman–Crippen LogP) is 6.66. The number of halogens is 6. The number of aromatic nitrogens is 3. The van der Waals surface area contributed by atoms with Crippen molar-refractivity contribution in [2.75, 3.05) is 11.1 Å². The Hall–Kier alpha value is -2.73. The molecule has 0 saturated heterocycles. The highest BCUT2D eigenvalue weighted by Gasteiger charge is 2.31. The van der Waals surface area contributed by atoms with Gasteiger partial charge in [-0.15, -0.1) is 16.8 Å². The lowest BCUT2D eigenvalue weighted by Gasteiger charge is -2.16. The zero-order valence-corrected chi connectivity index (χ0v) is 22.2. The highest BCUT2D eigenvalue weighted by atomic mass is 35.5. The van der Waals surface area contributed by atoms with Crippen LogP contribution >= 0.6 is 46.6 Å². The molecule has 14 heteroatoms. The van der Waals surface area contributed by atoms with E-state index in [0.717, 1.165) is 30.0 Å². The van der Waals surface area contributed by atoms with E-state index in [1.54, 1.807) is 23.6 Å². The van der Waals surface area contributed by atoms with E-state index >= 15 is 0 Å². The van der Waals surface area contributed by atoms with Crippen molar-refractivity contribution >= 4 is 64.1 Å². The minimum atomic E-state index is -4.58. The molecule has 2 aromatic carbocycles. The molecule has 1 heterocycles. The van der Waals surface area contributed by atoms with Crippen LogP contribution in [0.2, 0.25) is 15.1 Å². The van der Waals surface area contributed by atoms with Crippen molar-refractivity contribution in [1.82, 2.24) is 20.1 Å². The molecule has 0 unspecified atom stereocenters. The summed E-state index contributed by atoms with van der Waals surface area (Å²) in [5.74, 6) is -0.848. The van der Waals surface area contributed by atoms with Crippen LogP contribution in [0.3, 0.4) is 0 Å². The summed E-state index contributed by atoms with van der Waals surface area (Å²) in [5.41, 5.74) is -0.870. The summed E-state index contributed by atoms with van der Waals surface area (Å²) < 4.78 is 40.6. The standard InChI is InChI=1S/C23H19Cl3F3N5O2S/c1-3-8-34-20(12(2)30-21(36)15-6-5-14(24)10-17(15)26)32-33-22(34)37-11-19(35)31-18-9-13(23(27,28)29)4-7-16(18)25/h3-7,9-10,12H,1,8,11H2,2H3,(H,30,36)(H,31,35)/t12-/m1/s1. The maximum atomic E-state index is 13.0. The Bertz CT molecular complexity index is 1330. The number of hydrogen-bond acceptors (Lipinski definition) is 5. The third kappa shape index (κ3) is 7.41. The lowest BCUT2D eigenvalue weighted by atomic mass is 10.2. The van der Waals surface area contributed by atoms with Crippen LogP contribution in [0.4, 0.5) is 18.9 Å². The Morgan fingerprint density at radius 2 is 1.86 bits per heavy atom. The molecule has 3 rings (SSSR count). The molecule has 7 nitrogen and oxygen atoms in total. The van der Waals surface area contributed by atoms with Gasteiger partial charge in [-0.1, -0.05) is 52.6 Å². The van der Waals surface area contributed by atoms with Crippen molar-refractivity contribution < 1.29 is 22.8 Å². The molecular weight excluding hydrogens is 574 g/mol. The maximum Gasteiger partial charge on any atom is 0.416 e. The van der Waals surface area contributed by atoms with E-state index in [0.29, 0.717) is 16.0 Å². The van der Waals surface area contributed by atoms with E-state index in [1.165, 1.54) is 12.1 Å². The van der Waals surface area contributed by atoms with Gasteiger partial charge in [-0.2, -0.15) is 13.2 Å². The van der Waals surface area contributed by atoms with Gasteiger partial charge in [0.15, 0.2) is 11.0 Å². The highest BCUT2D eigenvalue weighted by molar-refractivity contribution is 7.99. The number of carbonyl (C=O) groups excluding carboxylic acids is 2. The zero-order valence-electron chi connectivity index (χ0n) is 19.1. The van der Waals surface area contributed by atoms with E-state index in [-0.39, 0.29) is 33.6 Å². The quantitative estimate of drug-likeness (QED) is 0.214. The number of amides is 2. The molecular formula is C23H19Cl3F3N5O2S. The smallest absolute Gasteiger partial charge is 0.342 e. The van der Waals surface area contributed by atoms with Crippen LogP contribution in [0, 0.1) is 0 Å². The van der Waals surface area contributed by atoms with E-state index in [4.69, 9.17) is 34.8 Å². The average molecular weight is 593 g/mol. The van der Waals surface area contributed by atoms with Crippen LogP contribution in [0.1, 0.15) is 34.7 Å². The van der Waals surface area contributed by atoms with Gasteiger partial charge in [-0.25, -0.2) is 0 Å². The van der Waals surface area contributed by atoms with Crippen molar-refractivity contribution in [3.05, 3.63) is 81.1 Å². The van der Waals surface area contributed by atoms with Gasteiger partial charge < -0.3 is 15.2 Å². The van der Waals surface area contributed by atoms with Crippen molar-refractivity contribution in [1.29, 1.82) is 0 Å². The molecule has 0 saturated carbocycles. The summed E-state index contributed by atoms with van der Waals surface area (Å²) in [6, 6.07) is 6.55. The van der Waals surface area contributed by atoms with Crippen LogP contribution in [-0.2, 0) is 17.5 Å². The van der Waals surface area contributed by atoms with Gasteiger partial charge in [0.2, 0.25) is 5.91 Å². The van der Waals surface area contributed by atoms with Crippen molar-refractivity contribution in [2.24, 2.45) is 0 Å². The monoisotopic (exact) mass is 591 g/mol. The molecule has 0 aliphatic carbocycles. The molecule has 0 aliphatic heterocycles. The lowest BCUT2D eigenvalue weighted by Crippen LogP contribution is -2.29. The van der Waals surface area contributed by atoms with Crippen molar-refractivity contribution in [3.8, 4) is 0 Å². The van der Waals surface area contributed by atoms with Crippen LogP contribution in [0.25, 0.3) is 0 Å². The molecule has 0 radical (unpaired) electrons. The van der Waals surface area contributed by atoms with Crippen LogP contribution in [0.15, 0.2) is 54.2 Å². The molecule has 0 fully saturated rings. The first kappa shape index (κ1) is 28.8. The van der Waals surface area contributed by atoms with Gasteiger partial charge in [0.05, 0.1) is 38.7 Å². The molecule has 3 aromatic rings. The van der Waals surface area contributed by atoms with Gasteiger partial charge in [-0.05, 0) is 43.3 Å². The number of alkyl halides is 3.